The number of hydrogen-bond donors (Lipinski definition) is 1. The Morgan fingerprint density at radius 3 is 2.96 bits per heavy atom. The highest BCUT2D eigenvalue weighted by Gasteiger charge is 2.27. The quantitative estimate of drug-likeness (QED) is 0.647. The van der Waals surface area contributed by atoms with E-state index in [4.69, 9.17) is 0 Å². The van der Waals surface area contributed by atoms with Crippen LogP contribution in [0.5, 0.6) is 0 Å². The molecule has 1 aliphatic carbocycles. The Morgan fingerprint density at radius 1 is 1.29 bits per heavy atom. The fraction of sp³-hybridized carbons (Fsp3) is 0.250. The van der Waals surface area contributed by atoms with Crippen molar-refractivity contribution in [1.82, 2.24) is 15.2 Å². The van der Waals surface area contributed by atoms with E-state index in [0.29, 0.717) is 16.6 Å². The van der Waals surface area contributed by atoms with Crippen LogP contribution in [0.2, 0.25) is 0 Å². The Bertz CT molecular complexity index is 843. The smallest absolute Gasteiger partial charge is 0.258 e. The number of amides is 1. The largest absolute Gasteiger partial charge is 0.296 e. The van der Waals surface area contributed by atoms with Crippen LogP contribution in [0.15, 0.2) is 40.1 Å². The molecule has 0 atom stereocenters. The van der Waals surface area contributed by atoms with Crippen molar-refractivity contribution in [1.29, 1.82) is 0 Å². The molecular formula is C16H14N4OS3. The molecule has 2 aromatic heterocycles. The van der Waals surface area contributed by atoms with Crippen LogP contribution in [0.3, 0.4) is 0 Å². The van der Waals surface area contributed by atoms with E-state index in [1.807, 2.05) is 35.2 Å². The summed E-state index contributed by atoms with van der Waals surface area (Å²) in [6.45, 7) is 0. The fourth-order valence-corrected chi connectivity index (χ4v) is 4.71. The molecule has 0 radical (unpaired) electrons. The second-order valence-corrected chi connectivity index (χ2v) is 8.18. The Kier molecular flexibility index (Phi) is 4.59. The predicted molar refractivity (Wildman–Crippen MR) is 98.0 cm³/mol. The van der Waals surface area contributed by atoms with Gasteiger partial charge in [0.1, 0.15) is 5.01 Å². The van der Waals surface area contributed by atoms with Crippen LogP contribution in [0.1, 0.15) is 39.8 Å². The third-order valence-electron chi connectivity index (χ3n) is 3.58. The molecule has 4 rings (SSSR count). The number of benzene rings is 1. The molecule has 2 heterocycles. The van der Waals surface area contributed by atoms with Crippen LogP contribution in [-0.2, 0) is 5.75 Å². The molecule has 0 bridgehead atoms. The van der Waals surface area contributed by atoms with Gasteiger partial charge in [-0.2, -0.15) is 0 Å². The molecule has 1 aliphatic rings. The average molecular weight is 375 g/mol. The maximum Gasteiger partial charge on any atom is 0.258 e. The molecule has 1 amide bonds. The summed E-state index contributed by atoms with van der Waals surface area (Å²) in [4.78, 5) is 17.8. The van der Waals surface area contributed by atoms with Crippen molar-refractivity contribution in [2.75, 3.05) is 5.32 Å². The van der Waals surface area contributed by atoms with Crippen LogP contribution in [0.25, 0.3) is 0 Å². The van der Waals surface area contributed by atoms with Crippen LogP contribution in [-0.4, -0.2) is 21.1 Å². The lowest BCUT2D eigenvalue weighted by molar-refractivity contribution is 0.102. The van der Waals surface area contributed by atoms with Crippen molar-refractivity contribution in [3.8, 4) is 0 Å². The topological polar surface area (TPSA) is 67.8 Å². The summed E-state index contributed by atoms with van der Waals surface area (Å²) in [5, 5.41) is 14.7. The van der Waals surface area contributed by atoms with Crippen molar-refractivity contribution in [3.63, 3.8) is 0 Å². The second kappa shape index (κ2) is 7.00. The zero-order valence-electron chi connectivity index (χ0n) is 12.6. The van der Waals surface area contributed by atoms with Gasteiger partial charge in [-0.3, -0.25) is 10.1 Å². The van der Waals surface area contributed by atoms with E-state index in [1.165, 1.54) is 24.2 Å². The highest BCUT2D eigenvalue weighted by atomic mass is 32.2. The average Bonchev–Trinajstić information content (AvgIpc) is 3.12. The molecule has 1 saturated carbocycles. The SMILES string of the molecule is O=C(Nc1nnc(C2CC2)s1)c1ccccc1SCc1cscn1. The van der Waals surface area contributed by atoms with Crippen molar-refractivity contribution in [2.45, 2.75) is 29.4 Å². The molecule has 1 N–H and O–H groups in total. The first-order valence-electron chi connectivity index (χ1n) is 7.53. The number of nitrogens with zero attached hydrogens (tertiary/aromatic N) is 3. The Balaban J connectivity index is 1.46. The summed E-state index contributed by atoms with van der Waals surface area (Å²) in [5.74, 6) is 1.15. The summed E-state index contributed by atoms with van der Waals surface area (Å²) < 4.78 is 0. The van der Waals surface area contributed by atoms with Gasteiger partial charge in [0.2, 0.25) is 5.13 Å². The highest BCUT2D eigenvalue weighted by molar-refractivity contribution is 7.98. The van der Waals surface area contributed by atoms with Crippen LogP contribution in [0, 0.1) is 0 Å². The molecule has 0 aliphatic heterocycles. The Labute approximate surface area is 151 Å². The summed E-state index contributed by atoms with van der Waals surface area (Å²) in [6, 6.07) is 7.61. The lowest BCUT2D eigenvalue weighted by Gasteiger charge is -2.07. The molecule has 3 aromatic rings. The summed E-state index contributed by atoms with van der Waals surface area (Å²) in [5.41, 5.74) is 3.50. The van der Waals surface area contributed by atoms with Crippen molar-refractivity contribution in [2.24, 2.45) is 0 Å². The maximum atomic E-state index is 12.6. The number of hydrogen-bond acceptors (Lipinski definition) is 7. The number of nitrogens with one attached hydrogen (secondary N) is 1. The van der Waals surface area contributed by atoms with Gasteiger partial charge >= 0.3 is 0 Å². The van der Waals surface area contributed by atoms with Gasteiger partial charge in [0.05, 0.1) is 16.8 Å². The van der Waals surface area contributed by atoms with Gasteiger partial charge in [0, 0.05) is 21.9 Å². The first kappa shape index (κ1) is 15.7. The number of carbonyl (C=O) groups excluding carboxylic acids is 1. The van der Waals surface area contributed by atoms with E-state index in [0.717, 1.165) is 21.3 Å². The van der Waals surface area contributed by atoms with Gasteiger partial charge in [-0.1, -0.05) is 23.5 Å². The minimum atomic E-state index is -0.144. The zero-order chi connectivity index (χ0) is 16.4. The number of rotatable bonds is 6. The van der Waals surface area contributed by atoms with Gasteiger partial charge in [-0.05, 0) is 25.0 Å². The Hall–Kier alpha value is -1.77. The summed E-state index contributed by atoms with van der Waals surface area (Å²) >= 11 is 4.67. The zero-order valence-corrected chi connectivity index (χ0v) is 15.1. The number of anilines is 1. The van der Waals surface area contributed by atoms with Crippen molar-refractivity contribution < 1.29 is 4.79 Å². The lowest BCUT2D eigenvalue weighted by Crippen LogP contribution is -2.12. The summed E-state index contributed by atoms with van der Waals surface area (Å²) in [7, 11) is 0. The van der Waals surface area contributed by atoms with Gasteiger partial charge in [0.15, 0.2) is 0 Å². The predicted octanol–water partition coefficient (Wildman–Crippen LogP) is 4.42. The first-order valence-corrected chi connectivity index (χ1v) is 10.3. The highest BCUT2D eigenvalue weighted by Crippen LogP contribution is 2.42. The molecule has 1 aromatic carbocycles. The molecule has 122 valence electrons. The maximum absolute atomic E-state index is 12.6. The normalized spacial score (nSPS) is 13.8. The van der Waals surface area contributed by atoms with Crippen molar-refractivity contribution >= 4 is 45.5 Å². The van der Waals surface area contributed by atoms with E-state index in [9.17, 15) is 4.79 Å². The summed E-state index contributed by atoms with van der Waals surface area (Å²) in [6.07, 6.45) is 2.36. The van der Waals surface area contributed by atoms with E-state index < -0.39 is 0 Å². The number of carbonyl (C=O) groups is 1. The fourth-order valence-electron chi connectivity index (χ4n) is 2.19. The molecule has 0 spiro atoms. The van der Waals surface area contributed by atoms with E-state index in [-0.39, 0.29) is 5.91 Å². The molecule has 1 fully saturated rings. The molecule has 8 heteroatoms. The minimum Gasteiger partial charge on any atom is -0.296 e. The van der Waals surface area contributed by atoms with Crippen LogP contribution < -0.4 is 5.32 Å². The first-order chi connectivity index (χ1) is 11.8. The number of aromatic nitrogens is 3. The lowest BCUT2D eigenvalue weighted by atomic mass is 10.2. The third kappa shape index (κ3) is 3.66. The third-order valence-corrected chi connectivity index (χ3v) is 6.32. The molecular weight excluding hydrogens is 360 g/mol. The van der Waals surface area contributed by atoms with Gasteiger partial charge in [-0.15, -0.1) is 33.3 Å². The monoisotopic (exact) mass is 374 g/mol. The van der Waals surface area contributed by atoms with E-state index in [1.54, 1.807) is 23.1 Å². The van der Waals surface area contributed by atoms with Crippen LogP contribution >= 0.6 is 34.4 Å². The molecule has 0 saturated heterocycles. The molecule has 0 unspecified atom stereocenters. The number of thiazole rings is 1. The van der Waals surface area contributed by atoms with E-state index in [2.05, 4.69) is 20.5 Å². The standard InChI is InChI=1S/C16H14N4OS3/c21-14(18-16-20-19-15(24-16)10-5-6-10)12-3-1-2-4-13(12)23-8-11-7-22-9-17-11/h1-4,7,9-10H,5-6,8H2,(H,18,20,21). The van der Waals surface area contributed by atoms with Gasteiger partial charge in [-0.25, -0.2) is 4.98 Å². The van der Waals surface area contributed by atoms with Crippen molar-refractivity contribution in [3.05, 3.63) is 51.4 Å². The molecule has 5 nitrogen and oxygen atoms in total. The minimum absolute atomic E-state index is 0.144. The Morgan fingerprint density at radius 2 is 2.17 bits per heavy atom. The van der Waals surface area contributed by atoms with Gasteiger partial charge < -0.3 is 0 Å². The number of thioether (sulfide) groups is 1. The second-order valence-electron chi connectivity index (χ2n) is 5.44. The van der Waals surface area contributed by atoms with Crippen LogP contribution in [0.4, 0.5) is 5.13 Å². The van der Waals surface area contributed by atoms with Gasteiger partial charge in [0.25, 0.3) is 5.91 Å². The van der Waals surface area contributed by atoms with E-state index >= 15 is 0 Å². The molecule has 24 heavy (non-hydrogen) atoms.